The lowest BCUT2D eigenvalue weighted by Gasteiger charge is -2.18. The van der Waals surface area contributed by atoms with E-state index in [1.807, 2.05) is 0 Å². The summed E-state index contributed by atoms with van der Waals surface area (Å²) in [6, 6.07) is 0. The van der Waals surface area contributed by atoms with Gasteiger partial charge in [-0.3, -0.25) is 14.4 Å². The van der Waals surface area contributed by atoms with E-state index in [-0.39, 0.29) is 31.1 Å². The predicted octanol–water partition coefficient (Wildman–Crippen LogP) is 22.7. The molecule has 0 saturated heterocycles. The number of esters is 3. The molecule has 0 radical (unpaired) electrons. The molecule has 6 heteroatoms. The van der Waals surface area contributed by atoms with E-state index in [4.69, 9.17) is 14.2 Å². The molecule has 0 rings (SSSR count). The molecule has 0 N–H and O–H groups in total. The smallest absolute Gasteiger partial charge is 0.306 e. The molecule has 0 heterocycles. The van der Waals surface area contributed by atoms with Crippen molar-refractivity contribution in [2.45, 2.75) is 354 Å². The van der Waals surface area contributed by atoms with Gasteiger partial charge >= 0.3 is 17.9 Å². The Kier molecular flexibility index (Phi) is 62.2. The van der Waals surface area contributed by atoms with Gasteiger partial charge in [-0.05, 0) is 83.5 Å². The quantitative estimate of drug-likeness (QED) is 0.0261. The highest BCUT2D eigenvalue weighted by Crippen LogP contribution is 2.17. The van der Waals surface area contributed by atoms with E-state index >= 15 is 0 Å². The molecule has 0 aliphatic heterocycles. The second-order valence-corrected chi connectivity index (χ2v) is 22.4. The summed E-state index contributed by atoms with van der Waals surface area (Å²) in [6.45, 7) is 6.56. The third kappa shape index (κ3) is 62.0. The van der Waals surface area contributed by atoms with E-state index in [1.54, 1.807) is 0 Å². The van der Waals surface area contributed by atoms with Crippen LogP contribution >= 0.6 is 0 Å². The average Bonchev–Trinajstić information content (AvgIpc) is 3.42. The summed E-state index contributed by atoms with van der Waals surface area (Å²) in [5, 5.41) is 0. The van der Waals surface area contributed by atoms with Crippen molar-refractivity contribution in [3.63, 3.8) is 0 Å². The molecular formula is C70H126O6. The summed E-state index contributed by atoms with van der Waals surface area (Å²) < 4.78 is 16.9. The van der Waals surface area contributed by atoms with Crippen molar-refractivity contribution in [1.29, 1.82) is 0 Å². The molecule has 0 aliphatic carbocycles. The Morgan fingerprint density at radius 2 is 0.513 bits per heavy atom. The van der Waals surface area contributed by atoms with E-state index in [0.717, 1.165) is 96.3 Å². The molecule has 0 aromatic heterocycles. The van der Waals surface area contributed by atoms with Gasteiger partial charge in [0.15, 0.2) is 6.10 Å². The number of unbranched alkanes of at least 4 members (excludes halogenated alkanes) is 40. The molecule has 1 unspecified atom stereocenters. The second kappa shape index (κ2) is 64.6. The maximum Gasteiger partial charge on any atom is 0.306 e. The minimum Gasteiger partial charge on any atom is -0.462 e. The maximum atomic E-state index is 12.9. The van der Waals surface area contributed by atoms with Gasteiger partial charge in [-0.25, -0.2) is 0 Å². The summed E-state index contributed by atoms with van der Waals surface area (Å²) in [5.41, 5.74) is 0. The van der Waals surface area contributed by atoms with Gasteiger partial charge in [-0.1, -0.05) is 306 Å². The molecule has 0 amide bonds. The van der Waals surface area contributed by atoms with Gasteiger partial charge in [-0.15, -0.1) is 0 Å². The summed E-state index contributed by atoms with van der Waals surface area (Å²) in [5.74, 6) is -0.871. The van der Waals surface area contributed by atoms with Crippen molar-refractivity contribution in [3.05, 3.63) is 60.8 Å². The van der Waals surface area contributed by atoms with Crippen LogP contribution in [0.4, 0.5) is 0 Å². The molecule has 1 atom stereocenters. The summed E-state index contributed by atoms with van der Waals surface area (Å²) in [4.78, 5) is 38.3. The lowest BCUT2D eigenvalue weighted by molar-refractivity contribution is -0.167. The fourth-order valence-corrected chi connectivity index (χ4v) is 9.79. The highest BCUT2D eigenvalue weighted by molar-refractivity contribution is 5.71. The van der Waals surface area contributed by atoms with E-state index in [9.17, 15) is 14.4 Å². The van der Waals surface area contributed by atoms with Crippen LogP contribution in [0.1, 0.15) is 348 Å². The lowest BCUT2D eigenvalue weighted by Crippen LogP contribution is -2.30. The van der Waals surface area contributed by atoms with Gasteiger partial charge in [0, 0.05) is 19.3 Å². The second-order valence-electron chi connectivity index (χ2n) is 22.4. The van der Waals surface area contributed by atoms with Gasteiger partial charge in [0.2, 0.25) is 0 Å². The molecule has 0 saturated carbocycles. The minimum absolute atomic E-state index is 0.0763. The molecule has 0 fully saturated rings. The number of hydrogen-bond acceptors (Lipinski definition) is 6. The van der Waals surface area contributed by atoms with Gasteiger partial charge in [-0.2, -0.15) is 0 Å². The zero-order chi connectivity index (χ0) is 55.0. The number of ether oxygens (including phenoxy) is 3. The number of rotatable bonds is 61. The molecule has 0 aliphatic rings. The normalized spacial score (nSPS) is 12.4. The van der Waals surface area contributed by atoms with E-state index in [2.05, 4.69) is 81.5 Å². The van der Waals surface area contributed by atoms with Crippen molar-refractivity contribution in [2.24, 2.45) is 0 Å². The van der Waals surface area contributed by atoms with Gasteiger partial charge in [0.05, 0.1) is 0 Å². The number of carbonyl (C=O) groups is 3. The summed E-state index contributed by atoms with van der Waals surface area (Å²) in [6.07, 6.45) is 82.4. The van der Waals surface area contributed by atoms with Crippen LogP contribution in [-0.4, -0.2) is 37.2 Å². The van der Waals surface area contributed by atoms with Crippen molar-refractivity contribution < 1.29 is 28.6 Å². The highest BCUT2D eigenvalue weighted by Gasteiger charge is 2.19. The van der Waals surface area contributed by atoms with E-state index in [1.165, 1.54) is 212 Å². The van der Waals surface area contributed by atoms with Crippen LogP contribution in [0.15, 0.2) is 60.8 Å². The van der Waals surface area contributed by atoms with Crippen LogP contribution in [0.3, 0.4) is 0 Å². The molecule has 442 valence electrons. The molecule has 0 bridgehead atoms. The van der Waals surface area contributed by atoms with Crippen LogP contribution < -0.4 is 0 Å². The highest BCUT2D eigenvalue weighted by atomic mass is 16.6. The molecular weight excluding hydrogens is 937 g/mol. The molecule has 6 nitrogen and oxygen atoms in total. The first kappa shape index (κ1) is 73.1. The van der Waals surface area contributed by atoms with Crippen molar-refractivity contribution >= 4 is 17.9 Å². The third-order valence-corrected chi connectivity index (χ3v) is 14.8. The lowest BCUT2D eigenvalue weighted by atomic mass is 10.0. The number of hydrogen-bond donors (Lipinski definition) is 0. The van der Waals surface area contributed by atoms with Crippen molar-refractivity contribution in [3.8, 4) is 0 Å². The Bertz CT molecular complexity index is 1360. The van der Waals surface area contributed by atoms with Crippen LogP contribution in [0.2, 0.25) is 0 Å². The first-order chi connectivity index (χ1) is 37.5. The Balaban J connectivity index is 4.23. The standard InChI is InChI=1S/C70H126O6/c1-4-7-10-13-16-19-22-25-27-29-31-32-33-34-35-36-37-38-40-41-43-45-48-51-54-57-60-63-69(72)75-66-67(65-74-68(71)62-59-56-53-50-47-24-21-18-15-12-9-6-3)76-70(73)64-61-58-55-52-49-46-44-42-39-30-28-26-23-20-17-14-11-8-5-2/h8,11,17,20,26,28-29,31,39,42,67H,4-7,9-10,12-16,18-19,21-25,27,30,32-38,40-41,43-66H2,1-3H3/b11-8-,20-17-,28-26-,31-29-,42-39-. The maximum absolute atomic E-state index is 12.9. The fraction of sp³-hybridized carbons (Fsp3) is 0.814. The minimum atomic E-state index is -0.780. The Morgan fingerprint density at radius 1 is 0.276 bits per heavy atom. The van der Waals surface area contributed by atoms with Gasteiger partial charge in [0.1, 0.15) is 13.2 Å². The number of allylic oxidation sites excluding steroid dienone is 10. The Labute approximate surface area is 472 Å². The van der Waals surface area contributed by atoms with Crippen molar-refractivity contribution in [1.82, 2.24) is 0 Å². The monoisotopic (exact) mass is 1060 g/mol. The largest absolute Gasteiger partial charge is 0.462 e. The van der Waals surface area contributed by atoms with Gasteiger partial charge in [0.25, 0.3) is 0 Å². The van der Waals surface area contributed by atoms with Gasteiger partial charge < -0.3 is 14.2 Å². The Morgan fingerprint density at radius 3 is 0.816 bits per heavy atom. The average molecular weight is 1060 g/mol. The molecule has 0 aromatic rings. The van der Waals surface area contributed by atoms with E-state index in [0.29, 0.717) is 19.3 Å². The first-order valence-electron chi connectivity index (χ1n) is 33.3. The fourth-order valence-electron chi connectivity index (χ4n) is 9.79. The first-order valence-corrected chi connectivity index (χ1v) is 33.3. The molecule has 0 aromatic carbocycles. The molecule has 76 heavy (non-hydrogen) atoms. The third-order valence-electron chi connectivity index (χ3n) is 14.8. The van der Waals surface area contributed by atoms with E-state index < -0.39 is 6.10 Å². The summed E-state index contributed by atoms with van der Waals surface area (Å²) in [7, 11) is 0. The zero-order valence-corrected chi connectivity index (χ0v) is 50.8. The zero-order valence-electron chi connectivity index (χ0n) is 50.8. The topological polar surface area (TPSA) is 78.9 Å². The van der Waals surface area contributed by atoms with Crippen LogP contribution in [0, 0.1) is 0 Å². The van der Waals surface area contributed by atoms with Crippen LogP contribution in [0.25, 0.3) is 0 Å². The number of carbonyl (C=O) groups excluding carboxylic acids is 3. The Hall–Kier alpha value is -2.89. The van der Waals surface area contributed by atoms with Crippen LogP contribution in [-0.2, 0) is 28.6 Å². The summed E-state index contributed by atoms with van der Waals surface area (Å²) >= 11 is 0. The SMILES string of the molecule is CC/C=C\C/C=C\C/C=C\C/C=C\CCCCCCCCC(=O)OC(COC(=O)CCCCCCCCCCCCCC)COC(=O)CCCCCCCCCCCCCCCCC/C=C\CCCCCCCCCC. The molecule has 0 spiro atoms. The van der Waals surface area contributed by atoms with Crippen LogP contribution in [0.5, 0.6) is 0 Å². The van der Waals surface area contributed by atoms with Crippen molar-refractivity contribution in [2.75, 3.05) is 13.2 Å². The predicted molar refractivity (Wildman–Crippen MR) is 330 cm³/mol.